The lowest BCUT2D eigenvalue weighted by molar-refractivity contribution is 0.0607. The van der Waals surface area contributed by atoms with Crippen molar-refractivity contribution in [3.05, 3.63) is 82.4 Å². The Morgan fingerprint density at radius 3 is 2.29 bits per heavy atom. The molecule has 0 saturated heterocycles. The van der Waals surface area contributed by atoms with Crippen LogP contribution >= 0.6 is 0 Å². The first kappa shape index (κ1) is 20.6. The van der Waals surface area contributed by atoms with E-state index in [0.717, 1.165) is 48.5 Å². The van der Waals surface area contributed by atoms with Crippen LogP contribution in [-0.2, 0) is 0 Å². The van der Waals surface area contributed by atoms with E-state index in [1.54, 1.807) is 36.4 Å². The Hall–Kier alpha value is -3.71. The molecule has 3 aromatic rings. The maximum Gasteiger partial charge on any atom is 0.261 e. The molecule has 0 bridgehead atoms. The number of carbonyl (C=O) groups is 3. The Morgan fingerprint density at radius 1 is 0.839 bits per heavy atom. The fourth-order valence-corrected chi connectivity index (χ4v) is 3.94. The van der Waals surface area contributed by atoms with E-state index in [0.29, 0.717) is 28.6 Å². The van der Waals surface area contributed by atoms with Gasteiger partial charge in [-0.05, 0) is 42.1 Å². The van der Waals surface area contributed by atoms with Crippen molar-refractivity contribution in [2.45, 2.75) is 32.6 Å². The van der Waals surface area contributed by atoms with Gasteiger partial charge in [-0.15, -0.1) is 0 Å². The molecule has 4 heteroatoms. The van der Waals surface area contributed by atoms with Crippen molar-refractivity contribution in [1.29, 1.82) is 0 Å². The fourth-order valence-electron chi connectivity index (χ4n) is 3.94. The Kier molecular flexibility index (Phi) is 5.95. The average Bonchev–Trinajstić information content (AvgIpc) is 2.81. The van der Waals surface area contributed by atoms with Crippen molar-refractivity contribution < 1.29 is 14.4 Å². The first-order valence-electron chi connectivity index (χ1n) is 10.6. The second-order valence-electron chi connectivity index (χ2n) is 7.70. The predicted octanol–water partition coefficient (Wildman–Crippen LogP) is 5.23. The quantitative estimate of drug-likeness (QED) is 0.242. The zero-order chi connectivity index (χ0) is 21.8. The van der Waals surface area contributed by atoms with Crippen LogP contribution in [0.3, 0.4) is 0 Å². The summed E-state index contributed by atoms with van der Waals surface area (Å²) in [7, 11) is 0. The molecule has 4 nitrogen and oxygen atoms in total. The van der Waals surface area contributed by atoms with E-state index in [1.807, 2.05) is 18.2 Å². The molecule has 0 fully saturated rings. The van der Waals surface area contributed by atoms with Gasteiger partial charge in [0.05, 0.1) is 0 Å². The van der Waals surface area contributed by atoms with Gasteiger partial charge in [0, 0.05) is 39.7 Å². The Bertz CT molecular complexity index is 1210. The minimum Gasteiger partial charge on any atom is -0.298 e. The highest BCUT2D eigenvalue weighted by Crippen LogP contribution is 2.32. The lowest BCUT2D eigenvalue weighted by Gasteiger charge is -2.27. The van der Waals surface area contributed by atoms with E-state index >= 15 is 0 Å². The molecule has 0 spiro atoms. The number of amides is 2. The average molecular weight is 409 g/mol. The number of carbonyl (C=O) groups excluding carboxylic acids is 3. The van der Waals surface area contributed by atoms with E-state index in [2.05, 4.69) is 18.8 Å². The molecule has 31 heavy (non-hydrogen) atoms. The topological polar surface area (TPSA) is 54.5 Å². The zero-order valence-corrected chi connectivity index (χ0v) is 17.5. The molecular formula is C27H23NO3. The van der Waals surface area contributed by atoms with Crippen LogP contribution in [0.5, 0.6) is 0 Å². The number of aldehydes is 1. The molecule has 0 saturated carbocycles. The first-order valence-corrected chi connectivity index (χ1v) is 10.6. The third-order valence-electron chi connectivity index (χ3n) is 5.62. The molecule has 0 unspecified atom stereocenters. The maximum absolute atomic E-state index is 13.1. The van der Waals surface area contributed by atoms with Gasteiger partial charge in [0.15, 0.2) is 0 Å². The number of imide groups is 1. The van der Waals surface area contributed by atoms with Gasteiger partial charge in [-0.1, -0.05) is 62.3 Å². The van der Waals surface area contributed by atoms with Gasteiger partial charge in [-0.3, -0.25) is 19.3 Å². The summed E-state index contributed by atoms with van der Waals surface area (Å²) in [5.41, 5.74) is 3.26. The monoisotopic (exact) mass is 409 g/mol. The van der Waals surface area contributed by atoms with E-state index in [4.69, 9.17) is 0 Å². The van der Waals surface area contributed by atoms with Gasteiger partial charge in [0.25, 0.3) is 11.8 Å². The van der Waals surface area contributed by atoms with Crippen molar-refractivity contribution >= 4 is 28.9 Å². The van der Waals surface area contributed by atoms with Crippen LogP contribution < -0.4 is 0 Å². The van der Waals surface area contributed by atoms with E-state index < -0.39 is 0 Å². The van der Waals surface area contributed by atoms with Gasteiger partial charge in [0.1, 0.15) is 6.29 Å². The van der Waals surface area contributed by atoms with Crippen LogP contribution in [0.4, 0.5) is 0 Å². The van der Waals surface area contributed by atoms with Gasteiger partial charge in [-0.25, -0.2) is 0 Å². The van der Waals surface area contributed by atoms with Crippen molar-refractivity contribution in [2.24, 2.45) is 0 Å². The lowest BCUT2D eigenvalue weighted by Crippen LogP contribution is -2.40. The smallest absolute Gasteiger partial charge is 0.261 e. The molecule has 1 heterocycles. The van der Waals surface area contributed by atoms with Gasteiger partial charge >= 0.3 is 0 Å². The normalized spacial score (nSPS) is 12.6. The molecule has 0 N–H and O–H groups in total. The zero-order valence-electron chi connectivity index (χ0n) is 17.5. The number of unbranched alkanes of at least 4 members (excludes halogenated alkanes) is 3. The van der Waals surface area contributed by atoms with Crippen LogP contribution in [0.1, 0.15) is 74.8 Å². The highest BCUT2D eigenvalue weighted by Gasteiger charge is 2.32. The third kappa shape index (κ3) is 4.00. The molecule has 3 aromatic carbocycles. The van der Waals surface area contributed by atoms with Crippen LogP contribution in [0, 0.1) is 11.8 Å². The van der Waals surface area contributed by atoms with Gasteiger partial charge < -0.3 is 0 Å². The van der Waals surface area contributed by atoms with Crippen LogP contribution in [0.15, 0.2) is 54.6 Å². The summed E-state index contributed by atoms with van der Waals surface area (Å²) in [4.78, 5) is 38.3. The molecule has 2 amide bonds. The summed E-state index contributed by atoms with van der Waals surface area (Å²) in [6.45, 7) is 2.58. The third-order valence-corrected chi connectivity index (χ3v) is 5.62. The molecule has 1 aliphatic rings. The van der Waals surface area contributed by atoms with Crippen LogP contribution in [0.2, 0.25) is 0 Å². The molecule has 0 radical (unpaired) electrons. The summed E-state index contributed by atoms with van der Waals surface area (Å²) >= 11 is 0. The van der Waals surface area contributed by atoms with Crippen molar-refractivity contribution in [3.8, 4) is 11.8 Å². The Morgan fingerprint density at radius 2 is 1.58 bits per heavy atom. The molecule has 0 atom stereocenters. The Labute approximate surface area is 181 Å². The number of hydrogen-bond donors (Lipinski definition) is 0. The lowest BCUT2D eigenvalue weighted by atomic mass is 9.91. The van der Waals surface area contributed by atoms with Crippen LogP contribution in [0.25, 0.3) is 10.8 Å². The van der Waals surface area contributed by atoms with E-state index in [9.17, 15) is 14.4 Å². The minimum absolute atomic E-state index is 0.228. The molecule has 1 aliphatic heterocycles. The summed E-state index contributed by atoms with van der Waals surface area (Å²) in [5, 5.41) is 1.49. The maximum atomic E-state index is 13.1. The van der Waals surface area contributed by atoms with Gasteiger partial charge in [0.2, 0.25) is 0 Å². The molecule has 0 aliphatic carbocycles. The number of benzene rings is 3. The summed E-state index contributed by atoms with van der Waals surface area (Å²) in [5.74, 6) is 5.81. The fraction of sp³-hybridized carbons (Fsp3) is 0.222. The summed E-state index contributed by atoms with van der Waals surface area (Å²) in [6, 6.07) is 16.2. The number of nitrogens with zero attached hydrogens (tertiary/aromatic N) is 1. The predicted molar refractivity (Wildman–Crippen MR) is 121 cm³/mol. The first-order chi connectivity index (χ1) is 15.1. The minimum atomic E-state index is -0.228. The highest BCUT2D eigenvalue weighted by atomic mass is 16.2. The van der Waals surface area contributed by atoms with Crippen LogP contribution in [-0.4, -0.2) is 29.5 Å². The number of rotatable bonds is 6. The van der Waals surface area contributed by atoms with Crippen molar-refractivity contribution in [1.82, 2.24) is 4.90 Å². The molecule has 154 valence electrons. The van der Waals surface area contributed by atoms with E-state index in [-0.39, 0.29) is 11.8 Å². The SMILES string of the molecule is CCCCCCN1C(=O)c2cccc3c(C#Cc4ccc(C=O)cc4)ccc(c23)C1=O. The molecular weight excluding hydrogens is 386 g/mol. The summed E-state index contributed by atoms with van der Waals surface area (Å²) < 4.78 is 0. The Balaban J connectivity index is 1.70. The number of hydrogen-bond acceptors (Lipinski definition) is 3. The van der Waals surface area contributed by atoms with E-state index in [1.165, 1.54) is 4.90 Å². The van der Waals surface area contributed by atoms with Gasteiger partial charge in [-0.2, -0.15) is 0 Å². The largest absolute Gasteiger partial charge is 0.298 e. The second kappa shape index (κ2) is 8.97. The summed E-state index contributed by atoms with van der Waals surface area (Å²) in [6.07, 6.45) is 4.83. The molecule has 0 aromatic heterocycles. The van der Waals surface area contributed by atoms with Crippen molar-refractivity contribution in [3.63, 3.8) is 0 Å². The standard InChI is InChI=1S/C27H23NO3/c1-2-3-4-5-17-28-26(30)23-8-6-7-22-21(15-16-24(25(22)23)27(28)31)14-13-19-9-11-20(18-29)12-10-19/h6-12,15-16,18H,2-5,17H2,1H3. The second-order valence-corrected chi connectivity index (χ2v) is 7.70. The molecule has 4 rings (SSSR count). The highest BCUT2D eigenvalue weighted by molar-refractivity contribution is 6.26. The van der Waals surface area contributed by atoms with Crippen molar-refractivity contribution in [2.75, 3.05) is 6.54 Å².